The highest BCUT2D eigenvalue weighted by atomic mass is 32.3. The Bertz CT molecular complexity index is 2260. The maximum Gasteiger partial charge on any atom is 0.417 e. The molecule has 51 heavy (non-hydrogen) atoms. The predicted molar refractivity (Wildman–Crippen MR) is 193 cm³/mol. The Hall–Kier alpha value is -4.81. The van der Waals surface area contributed by atoms with Crippen molar-refractivity contribution in [1.29, 1.82) is 0 Å². The molecule has 0 N–H and O–H groups in total. The number of benzene rings is 6. The van der Waals surface area contributed by atoms with Gasteiger partial charge in [-0.3, -0.25) is 4.79 Å². The minimum atomic E-state index is -4.84. The summed E-state index contributed by atoms with van der Waals surface area (Å²) in [7, 11) is -6.84. The molecule has 0 saturated carbocycles. The molecule has 0 aliphatic carbocycles. The van der Waals surface area contributed by atoms with Crippen molar-refractivity contribution in [2.24, 2.45) is 0 Å². The van der Waals surface area contributed by atoms with Crippen LogP contribution in [0.15, 0.2) is 181 Å². The highest BCUT2D eigenvalue weighted by Gasteiger charge is 2.45. The maximum atomic E-state index is 14.8. The normalized spacial score (nSPS) is 13.6. The van der Waals surface area contributed by atoms with E-state index >= 15 is 0 Å². The first kappa shape index (κ1) is 36.0. The number of hydrogen-bond acceptors (Lipinski definition) is 6. The maximum absolute atomic E-state index is 14.8. The highest BCUT2D eigenvalue weighted by molar-refractivity contribution is 8.33. The summed E-state index contributed by atoms with van der Waals surface area (Å²) in [5, 5.41) is 0. The number of rotatable bonds is 11. The van der Waals surface area contributed by atoms with Crippen LogP contribution in [-0.2, 0) is 19.9 Å². The van der Waals surface area contributed by atoms with Gasteiger partial charge in [-0.15, -0.1) is 0 Å². The van der Waals surface area contributed by atoms with E-state index in [1.54, 1.807) is 97.9 Å². The zero-order chi connectivity index (χ0) is 36.2. The van der Waals surface area contributed by atoms with Gasteiger partial charge in [0.15, 0.2) is 5.78 Å². The number of carbonyl (C=O) groups excluding carboxylic acids is 1. The lowest BCUT2D eigenvalue weighted by molar-refractivity contribution is -0.139. The number of alkyl halides is 3. The molecule has 6 aromatic rings. The van der Waals surface area contributed by atoms with Gasteiger partial charge in [0.2, 0.25) is 0 Å². The zero-order valence-corrected chi connectivity index (χ0v) is 29.8. The van der Waals surface area contributed by atoms with Gasteiger partial charge in [0.25, 0.3) is 0 Å². The average molecular weight is 745 g/mol. The molecule has 0 heterocycles. The predicted octanol–water partition coefficient (Wildman–Crippen LogP) is 11.0. The van der Waals surface area contributed by atoms with E-state index in [0.717, 1.165) is 16.5 Å². The molecule has 0 fully saturated rings. The van der Waals surface area contributed by atoms with Gasteiger partial charge in [-0.05, 0) is 102 Å². The second kappa shape index (κ2) is 14.8. The SMILES string of the molecule is COc1ccc(S(OS(=O)(=O)c2ccc(C)cc2)(c2ccc(Sc3cccc(C(=O)c4ccccc4)c3)cc2)c2ccccc2C(F)(F)F)cc1. The third-order valence-electron chi connectivity index (χ3n) is 7.92. The van der Waals surface area contributed by atoms with Crippen molar-refractivity contribution in [2.75, 3.05) is 7.11 Å². The third kappa shape index (κ3) is 7.77. The molecule has 0 aliphatic heterocycles. The van der Waals surface area contributed by atoms with Gasteiger partial charge in [0.1, 0.15) is 5.75 Å². The van der Waals surface area contributed by atoms with Gasteiger partial charge in [0.05, 0.1) is 17.6 Å². The summed E-state index contributed by atoms with van der Waals surface area (Å²) in [5.74, 6) is 0.300. The van der Waals surface area contributed by atoms with E-state index in [2.05, 4.69) is 0 Å². The second-order valence-electron chi connectivity index (χ2n) is 11.4. The molecule has 1 atom stereocenters. The smallest absolute Gasteiger partial charge is 0.417 e. The van der Waals surface area contributed by atoms with Crippen molar-refractivity contribution >= 4 is 38.0 Å². The molecule has 260 valence electrons. The number of carbonyl (C=O) groups is 1. The van der Waals surface area contributed by atoms with Crippen LogP contribution in [0.3, 0.4) is 0 Å². The van der Waals surface area contributed by atoms with Crippen LogP contribution in [0.5, 0.6) is 5.75 Å². The summed E-state index contributed by atoms with van der Waals surface area (Å²) in [6.45, 7) is 1.79. The summed E-state index contributed by atoms with van der Waals surface area (Å²) < 4.78 is 84.2. The Morgan fingerprint density at radius 3 is 1.82 bits per heavy atom. The standard InChI is InChI=1S/C40H31F3O5S3/c1-28-15-21-36(22-16-28)51(45,46)48-50(34-23-17-31(47-2)18-24-34,38-14-7-6-13-37(38)40(41,42)43)35-25-19-32(20-26-35)49-33-12-8-11-30(27-33)39(44)29-9-4-3-5-10-29/h3-27H,1-2H3. The molecular weight excluding hydrogens is 714 g/mol. The average Bonchev–Trinajstić information content (AvgIpc) is 3.14. The Morgan fingerprint density at radius 1 is 0.627 bits per heavy atom. The molecule has 0 bridgehead atoms. The van der Waals surface area contributed by atoms with Crippen LogP contribution in [0, 0.1) is 6.92 Å². The number of hydrogen-bond donors (Lipinski definition) is 0. The van der Waals surface area contributed by atoms with E-state index in [0.29, 0.717) is 21.8 Å². The lowest BCUT2D eigenvalue weighted by atomic mass is 10.0. The Balaban J connectivity index is 1.49. The first-order valence-corrected chi connectivity index (χ1v) is 19.3. The number of ketones is 1. The Kier molecular flexibility index (Phi) is 10.5. The van der Waals surface area contributed by atoms with Crippen molar-refractivity contribution in [3.63, 3.8) is 0 Å². The van der Waals surface area contributed by atoms with Crippen LogP contribution in [0.2, 0.25) is 0 Å². The molecule has 6 rings (SSSR count). The van der Waals surface area contributed by atoms with Crippen LogP contribution in [0.25, 0.3) is 0 Å². The summed E-state index contributed by atoms with van der Waals surface area (Å²) in [5.41, 5.74) is 0.840. The fourth-order valence-corrected chi connectivity index (χ4v) is 11.6. The van der Waals surface area contributed by atoms with E-state index in [1.807, 2.05) is 12.1 Å². The molecule has 0 amide bonds. The first-order chi connectivity index (χ1) is 24.4. The van der Waals surface area contributed by atoms with Crippen LogP contribution in [0.4, 0.5) is 13.2 Å². The molecule has 11 heteroatoms. The van der Waals surface area contributed by atoms with E-state index in [1.165, 1.54) is 61.3 Å². The minimum Gasteiger partial charge on any atom is -0.497 e. The summed E-state index contributed by atoms with van der Waals surface area (Å²) in [6, 6.07) is 39.7. The van der Waals surface area contributed by atoms with Crippen molar-refractivity contribution in [3.05, 3.63) is 174 Å². The molecule has 0 radical (unpaired) electrons. The van der Waals surface area contributed by atoms with Gasteiger partial charge in [-0.25, -0.2) is 3.63 Å². The molecule has 0 spiro atoms. The zero-order valence-electron chi connectivity index (χ0n) is 27.3. The molecule has 5 nitrogen and oxygen atoms in total. The third-order valence-corrected chi connectivity index (χ3v) is 14.1. The van der Waals surface area contributed by atoms with Crippen molar-refractivity contribution in [2.45, 2.75) is 42.5 Å². The molecule has 0 aromatic heterocycles. The van der Waals surface area contributed by atoms with E-state index in [4.69, 9.17) is 8.37 Å². The fourth-order valence-electron chi connectivity index (χ4n) is 5.40. The van der Waals surface area contributed by atoms with Gasteiger partial charge in [0, 0.05) is 35.6 Å². The Labute approximate surface area is 300 Å². The summed E-state index contributed by atoms with van der Waals surface area (Å²) in [4.78, 5) is 14.5. The minimum absolute atomic E-state index is 0.128. The van der Waals surface area contributed by atoms with Crippen LogP contribution < -0.4 is 4.74 Å². The topological polar surface area (TPSA) is 69.7 Å². The second-order valence-corrected chi connectivity index (χ2v) is 16.9. The quantitative estimate of drug-likeness (QED) is 0.123. The number of halogens is 3. The summed E-state index contributed by atoms with van der Waals surface area (Å²) >= 11 is 1.35. The molecule has 0 aliphatic rings. The fraction of sp³-hybridized carbons (Fsp3) is 0.0750. The van der Waals surface area contributed by atoms with Gasteiger partial charge in [-0.1, -0.05) is 84.1 Å². The van der Waals surface area contributed by atoms with E-state index in [-0.39, 0.29) is 25.4 Å². The van der Waals surface area contributed by atoms with Crippen LogP contribution in [-0.4, -0.2) is 21.3 Å². The van der Waals surface area contributed by atoms with Gasteiger partial charge < -0.3 is 4.74 Å². The highest BCUT2D eigenvalue weighted by Crippen LogP contribution is 2.72. The van der Waals surface area contributed by atoms with Crippen molar-refractivity contribution in [1.82, 2.24) is 0 Å². The number of methoxy groups -OCH3 is 1. The number of aryl methyl sites for hydroxylation is 1. The molecule has 1 unspecified atom stereocenters. The molecule has 6 aromatic carbocycles. The number of ether oxygens (including phenoxy) is 1. The van der Waals surface area contributed by atoms with Gasteiger partial charge in [-0.2, -0.15) is 21.6 Å². The summed E-state index contributed by atoms with van der Waals surface area (Å²) in [6.07, 6.45) is -4.84. The lowest BCUT2D eigenvalue weighted by Gasteiger charge is -2.40. The lowest BCUT2D eigenvalue weighted by Crippen LogP contribution is -2.18. The van der Waals surface area contributed by atoms with Crippen molar-refractivity contribution < 1.29 is 34.7 Å². The monoisotopic (exact) mass is 744 g/mol. The van der Waals surface area contributed by atoms with E-state index < -0.39 is 32.2 Å². The molecular formula is C40H31F3O5S3. The van der Waals surface area contributed by atoms with Crippen LogP contribution in [0.1, 0.15) is 27.0 Å². The van der Waals surface area contributed by atoms with Crippen LogP contribution >= 0.6 is 22.1 Å². The molecule has 0 saturated heterocycles. The van der Waals surface area contributed by atoms with Gasteiger partial charge >= 0.3 is 16.3 Å². The Morgan fingerprint density at radius 2 is 1.20 bits per heavy atom. The first-order valence-electron chi connectivity index (χ1n) is 15.5. The van der Waals surface area contributed by atoms with Crippen molar-refractivity contribution in [3.8, 4) is 5.75 Å². The van der Waals surface area contributed by atoms with E-state index in [9.17, 15) is 26.4 Å². The largest absolute Gasteiger partial charge is 0.497 e.